The molecule has 0 aromatic carbocycles. The van der Waals surface area contributed by atoms with Gasteiger partial charge >= 0.3 is 0 Å². The Morgan fingerprint density at radius 3 is 2.82 bits per heavy atom. The van der Waals surface area contributed by atoms with E-state index >= 15 is 0 Å². The van der Waals surface area contributed by atoms with Gasteiger partial charge in [-0.2, -0.15) is 5.10 Å². The average Bonchev–Trinajstić information content (AvgIpc) is 2.30. The molecule has 0 bridgehead atoms. The van der Waals surface area contributed by atoms with Gasteiger partial charge < -0.3 is 11.1 Å². The van der Waals surface area contributed by atoms with E-state index in [2.05, 4.69) is 10.4 Å². The minimum absolute atomic E-state index is 0.273. The number of nitrogens with two attached hydrogens (primary N) is 1. The van der Waals surface area contributed by atoms with Crippen molar-refractivity contribution in [2.75, 3.05) is 12.4 Å². The number of aromatic nitrogens is 2. The quantitative estimate of drug-likeness (QED) is 0.606. The Kier molecular flexibility index (Phi) is 1.80. The van der Waals surface area contributed by atoms with Crippen LogP contribution in [-0.2, 0) is 7.05 Å². The van der Waals surface area contributed by atoms with Crippen LogP contribution in [0.5, 0.6) is 0 Å². The van der Waals surface area contributed by atoms with E-state index in [0.717, 1.165) is 0 Å². The van der Waals surface area contributed by atoms with Gasteiger partial charge in [0.1, 0.15) is 0 Å². The summed E-state index contributed by atoms with van der Waals surface area (Å²) in [6.45, 7) is 0. The first-order valence-electron chi connectivity index (χ1n) is 3.16. The normalized spacial score (nSPS) is 9.64. The summed E-state index contributed by atoms with van der Waals surface area (Å²) in [6, 6.07) is 0. The zero-order valence-corrected chi connectivity index (χ0v) is 6.46. The molecule has 3 N–H and O–H groups in total. The SMILES string of the molecule is CNc1cn(C)nc1C(N)=O. The first-order chi connectivity index (χ1) is 5.15. The number of primary amides is 1. The van der Waals surface area contributed by atoms with Crippen molar-refractivity contribution in [1.29, 1.82) is 0 Å². The predicted molar refractivity (Wildman–Crippen MR) is 41.3 cm³/mol. The van der Waals surface area contributed by atoms with Crippen LogP contribution in [0, 0.1) is 0 Å². The molecule has 0 aliphatic heterocycles. The molecule has 1 heterocycles. The molecule has 5 nitrogen and oxygen atoms in total. The highest BCUT2D eigenvalue weighted by Crippen LogP contribution is 2.10. The molecular weight excluding hydrogens is 144 g/mol. The van der Waals surface area contributed by atoms with Crippen LogP contribution in [0.1, 0.15) is 10.5 Å². The molecule has 0 saturated carbocycles. The van der Waals surface area contributed by atoms with Gasteiger partial charge in [0.2, 0.25) is 0 Å². The third-order valence-corrected chi connectivity index (χ3v) is 1.33. The van der Waals surface area contributed by atoms with Gasteiger partial charge in [-0.1, -0.05) is 0 Å². The van der Waals surface area contributed by atoms with Gasteiger partial charge in [-0.25, -0.2) is 0 Å². The number of anilines is 1. The summed E-state index contributed by atoms with van der Waals surface area (Å²) in [5.41, 5.74) is 5.97. The summed E-state index contributed by atoms with van der Waals surface area (Å²) in [4.78, 5) is 10.7. The van der Waals surface area contributed by atoms with Crippen LogP contribution in [0.25, 0.3) is 0 Å². The van der Waals surface area contributed by atoms with Crippen molar-refractivity contribution in [2.24, 2.45) is 12.8 Å². The number of nitrogens with one attached hydrogen (secondary N) is 1. The van der Waals surface area contributed by atoms with Gasteiger partial charge in [0.25, 0.3) is 5.91 Å². The standard InChI is InChI=1S/C6H10N4O/c1-8-4-3-10(2)9-5(4)6(7)11/h3,8H,1-2H3,(H2,7,11). The number of carbonyl (C=O) groups excluding carboxylic acids is 1. The highest BCUT2D eigenvalue weighted by atomic mass is 16.1. The summed E-state index contributed by atoms with van der Waals surface area (Å²) in [6.07, 6.45) is 1.69. The summed E-state index contributed by atoms with van der Waals surface area (Å²) < 4.78 is 1.53. The molecule has 0 radical (unpaired) electrons. The second kappa shape index (κ2) is 2.61. The maximum absolute atomic E-state index is 10.7. The van der Waals surface area contributed by atoms with Crippen molar-refractivity contribution >= 4 is 11.6 Å². The van der Waals surface area contributed by atoms with E-state index in [0.29, 0.717) is 5.69 Å². The smallest absolute Gasteiger partial charge is 0.271 e. The summed E-state index contributed by atoms with van der Waals surface area (Å²) in [5, 5.41) is 6.67. The van der Waals surface area contributed by atoms with E-state index in [1.807, 2.05) is 0 Å². The zero-order valence-electron chi connectivity index (χ0n) is 6.46. The lowest BCUT2D eigenvalue weighted by molar-refractivity contribution is 0.0995. The largest absolute Gasteiger partial charge is 0.385 e. The highest BCUT2D eigenvalue weighted by Gasteiger charge is 2.10. The summed E-state index contributed by atoms with van der Waals surface area (Å²) in [7, 11) is 3.44. The van der Waals surface area contributed by atoms with Crippen LogP contribution >= 0.6 is 0 Å². The summed E-state index contributed by atoms with van der Waals surface area (Å²) in [5.74, 6) is -0.519. The van der Waals surface area contributed by atoms with Crippen LogP contribution in [0.15, 0.2) is 6.20 Å². The lowest BCUT2D eigenvalue weighted by Crippen LogP contribution is -2.13. The second-order valence-corrected chi connectivity index (χ2v) is 2.18. The van der Waals surface area contributed by atoms with Crippen molar-refractivity contribution in [3.05, 3.63) is 11.9 Å². The third kappa shape index (κ3) is 1.31. The Labute approximate surface area is 64.2 Å². The lowest BCUT2D eigenvalue weighted by atomic mass is 10.3. The Balaban J connectivity index is 3.12. The number of aryl methyl sites for hydroxylation is 1. The molecule has 0 aliphatic carbocycles. The Morgan fingerprint density at radius 1 is 1.82 bits per heavy atom. The minimum Gasteiger partial charge on any atom is -0.385 e. The van der Waals surface area contributed by atoms with Crippen molar-refractivity contribution < 1.29 is 4.79 Å². The van der Waals surface area contributed by atoms with Gasteiger partial charge in [-0.15, -0.1) is 0 Å². The molecule has 0 atom stereocenters. The van der Waals surface area contributed by atoms with E-state index in [9.17, 15) is 4.79 Å². The molecule has 0 spiro atoms. The Morgan fingerprint density at radius 2 is 2.45 bits per heavy atom. The van der Waals surface area contributed by atoms with Gasteiger partial charge in [0.15, 0.2) is 5.69 Å². The third-order valence-electron chi connectivity index (χ3n) is 1.33. The first kappa shape index (κ1) is 7.59. The van der Waals surface area contributed by atoms with E-state index in [1.54, 1.807) is 20.3 Å². The van der Waals surface area contributed by atoms with E-state index in [1.165, 1.54) is 4.68 Å². The molecule has 1 amide bonds. The predicted octanol–water partition coefficient (Wildman–Crippen LogP) is -0.439. The maximum Gasteiger partial charge on any atom is 0.271 e. The molecule has 1 aromatic rings. The molecule has 0 saturated heterocycles. The number of nitrogens with zero attached hydrogens (tertiary/aromatic N) is 2. The monoisotopic (exact) mass is 154 g/mol. The van der Waals surface area contributed by atoms with Crippen molar-refractivity contribution in [2.45, 2.75) is 0 Å². The van der Waals surface area contributed by atoms with E-state index in [-0.39, 0.29) is 5.69 Å². The number of amides is 1. The average molecular weight is 154 g/mol. The topological polar surface area (TPSA) is 72.9 Å². The van der Waals surface area contributed by atoms with Crippen LogP contribution in [0.3, 0.4) is 0 Å². The molecule has 11 heavy (non-hydrogen) atoms. The maximum atomic E-state index is 10.7. The summed E-state index contributed by atoms with van der Waals surface area (Å²) >= 11 is 0. The molecule has 60 valence electrons. The van der Waals surface area contributed by atoms with E-state index < -0.39 is 5.91 Å². The second-order valence-electron chi connectivity index (χ2n) is 2.18. The van der Waals surface area contributed by atoms with Gasteiger partial charge in [-0.05, 0) is 0 Å². The van der Waals surface area contributed by atoms with Crippen molar-refractivity contribution in [3.8, 4) is 0 Å². The fourth-order valence-electron chi connectivity index (χ4n) is 0.853. The molecule has 1 aromatic heterocycles. The first-order valence-corrected chi connectivity index (χ1v) is 3.16. The lowest BCUT2D eigenvalue weighted by Gasteiger charge is -1.93. The minimum atomic E-state index is -0.519. The Hall–Kier alpha value is -1.52. The zero-order chi connectivity index (χ0) is 8.43. The van der Waals surface area contributed by atoms with Gasteiger partial charge in [0.05, 0.1) is 5.69 Å². The molecular formula is C6H10N4O. The van der Waals surface area contributed by atoms with Crippen molar-refractivity contribution in [1.82, 2.24) is 9.78 Å². The molecule has 0 unspecified atom stereocenters. The molecule has 5 heteroatoms. The molecule has 0 aliphatic rings. The molecule has 0 fully saturated rings. The number of hydrogen-bond donors (Lipinski definition) is 2. The number of carbonyl (C=O) groups is 1. The fraction of sp³-hybridized carbons (Fsp3) is 0.333. The number of rotatable bonds is 2. The fourth-order valence-corrected chi connectivity index (χ4v) is 0.853. The van der Waals surface area contributed by atoms with Crippen LogP contribution < -0.4 is 11.1 Å². The van der Waals surface area contributed by atoms with Crippen molar-refractivity contribution in [3.63, 3.8) is 0 Å². The van der Waals surface area contributed by atoms with Crippen LogP contribution in [-0.4, -0.2) is 22.7 Å². The van der Waals surface area contributed by atoms with Gasteiger partial charge in [0, 0.05) is 20.3 Å². The molecule has 1 rings (SSSR count). The van der Waals surface area contributed by atoms with Crippen LogP contribution in [0.2, 0.25) is 0 Å². The van der Waals surface area contributed by atoms with E-state index in [4.69, 9.17) is 5.73 Å². The number of hydrogen-bond acceptors (Lipinski definition) is 3. The van der Waals surface area contributed by atoms with Crippen LogP contribution in [0.4, 0.5) is 5.69 Å². The highest BCUT2D eigenvalue weighted by molar-refractivity contribution is 5.96. The Bertz CT molecular complexity index is 278. The van der Waals surface area contributed by atoms with Gasteiger partial charge in [-0.3, -0.25) is 9.48 Å².